The van der Waals surface area contributed by atoms with E-state index in [9.17, 15) is 13.2 Å². The van der Waals surface area contributed by atoms with Crippen molar-refractivity contribution in [2.24, 2.45) is 5.41 Å². The zero-order chi connectivity index (χ0) is 24.1. The van der Waals surface area contributed by atoms with Gasteiger partial charge in [-0.15, -0.1) is 11.8 Å². The number of hydrogen-bond acceptors (Lipinski definition) is 6. The van der Waals surface area contributed by atoms with Crippen molar-refractivity contribution in [3.05, 3.63) is 42.5 Å². The Morgan fingerprint density at radius 1 is 1.21 bits per heavy atom. The summed E-state index contributed by atoms with van der Waals surface area (Å²) in [6.07, 6.45) is 5.35. The van der Waals surface area contributed by atoms with Gasteiger partial charge in [0.1, 0.15) is 5.75 Å². The summed E-state index contributed by atoms with van der Waals surface area (Å²) < 4.78 is 33.3. The number of anilines is 2. The molecule has 0 saturated carbocycles. The maximum atomic E-state index is 13.8. The van der Waals surface area contributed by atoms with Gasteiger partial charge < -0.3 is 14.7 Å². The van der Waals surface area contributed by atoms with E-state index in [1.54, 1.807) is 6.07 Å². The van der Waals surface area contributed by atoms with Gasteiger partial charge in [0.25, 0.3) is 0 Å². The second-order valence-corrected chi connectivity index (χ2v) is 11.4. The van der Waals surface area contributed by atoms with Gasteiger partial charge in [0.15, 0.2) is 9.84 Å². The van der Waals surface area contributed by atoms with E-state index < -0.39 is 15.8 Å². The van der Waals surface area contributed by atoms with Crippen LogP contribution in [0.2, 0.25) is 0 Å². The third kappa shape index (κ3) is 5.84. The Hall–Kier alpha value is -2.19. The number of carboxylic acids is 1. The Morgan fingerprint density at radius 3 is 2.55 bits per heavy atom. The number of unbranched alkanes of at least 4 members (excludes halogenated alkanes) is 1. The molecule has 0 fully saturated rings. The van der Waals surface area contributed by atoms with Gasteiger partial charge in [-0.25, -0.2) is 8.42 Å². The molecule has 0 aromatic heterocycles. The van der Waals surface area contributed by atoms with Crippen molar-refractivity contribution < 1.29 is 23.1 Å². The minimum absolute atomic E-state index is 0.0144. The van der Waals surface area contributed by atoms with Gasteiger partial charge in [0.05, 0.1) is 34.3 Å². The quantitative estimate of drug-likeness (QED) is 0.422. The predicted molar refractivity (Wildman–Crippen MR) is 134 cm³/mol. The highest BCUT2D eigenvalue weighted by Gasteiger charge is 2.41. The molecule has 0 bridgehead atoms. The second kappa shape index (κ2) is 10.8. The molecule has 8 heteroatoms. The van der Waals surface area contributed by atoms with Crippen molar-refractivity contribution in [3.63, 3.8) is 0 Å². The molecule has 1 N–H and O–H groups in total. The molecular weight excluding hydrogens is 458 g/mol. The van der Waals surface area contributed by atoms with Crippen molar-refractivity contribution in [2.75, 3.05) is 30.1 Å². The molecule has 0 amide bonds. The minimum Gasteiger partial charge on any atom is -0.492 e. The Labute approximate surface area is 201 Å². The summed E-state index contributed by atoms with van der Waals surface area (Å²) in [5, 5.41) is 8.96. The SMILES string of the molecule is CCCC[C@]1(CC)CN(c2ccccc2)c2cc(SC)c(OCCC(=O)O)cc2S(=O)(=O)C1. The van der Waals surface area contributed by atoms with Gasteiger partial charge in [-0.2, -0.15) is 0 Å². The van der Waals surface area contributed by atoms with Crippen LogP contribution < -0.4 is 9.64 Å². The van der Waals surface area contributed by atoms with Crippen molar-refractivity contribution in [2.45, 2.75) is 55.7 Å². The van der Waals surface area contributed by atoms with Crippen LogP contribution in [-0.4, -0.2) is 44.7 Å². The number of ether oxygens (including phenoxy) is 1. The lowest BCUT2D eigenvalue weighted by Gasteiger charge is -2.36. The molecule has 2 aromatic carbocycles. The number of carbonyl (C=O) groups is 1. The van der Waals surface area contributed by atoms with Gasteiger partial charge >= 0.3 is 5.97 Å². The lowest BCUT2D eigenvalue weighted by Crippen LogP contribution is -2.37. The monoisotopic (exact) mass is 491 g/mol. The van der Waals surface area contributed by atoms with Crippen molar-refractivity contribution >= 4 is 38.9 Å². The Morgan fingerprint density at radius 2 is 1.94 bits per heavy atom. The van der Waals surface area contributed by atoms with E-state index >= 15 is 0 Å². The molecule has 0 spiro atoms. The number of thioether (sulfide) groups is 1. The van der Waals surface area contributed by atoms with Gasteiger partial charge in [-0.05, 0) is 37.3 Å². The zero-order valence-corrected chi connectivity index (χ0v) is 21.2. The van der Waals surface area contributed by atoms with Crippen LogP contribution in [0.3, 0.4) is 0 Å². The minimum atomic E-state index is -3.61. The average molecular weight is 492 g/mol. The number of para-hydroxylation sites is 1. The summed E-state index contributed by atoms with van der Waals surface area (Å²) >= 11 is 1.46. The number of fused-ring (bicyclic) bond motifs is 1. The lowest BCUT2D eigenvalue weighted by atomic mass is 9.81. The van der Waals surface area contributed by atoms with E-state index in [0.717, 1.165) is 36.3 Å². The number of benzene rings is 2. The smallest absolute Gasteiger partial charge is 0.306 e. The molecule has 1 heterocycles. The number of aliphatic carboxylic acids is 1. The van der Waals surface area contributed by atoms with Crippen LogP contribution in [0.4, 0.5) is 11.4 Å². The van der Waals surface area contributed by atoms with E-state index in [1.807, 2.05) is 42.7 Å². The number of carboxylic acid groups (broad SMARTS) is 1. The summed E-state index contributed by atoms with van der Waals surface area (Å²) in [5.74, 6) is -0.460. The van der Waals surface area contributed by atoms with E-state index in [-0.39, 0.29) is 29.1 Å². The Kier molecular flexibility index (Phi) is 8.34. The van der Waals surface area contributed by atoms with Crippen LogP contribution in [0.5, 0.6) is 5.75 Å². The third-order valence-corrected chi connectivity index (χ3v) is 9.06. The summed E-state index contributed by atoms with van der Waals surface area (Å²) in [6.45, 7) is 4.81. The maximum absolute atomic E-state index is 13.8. The molecule has 1 atom stereocenters. The summed E-state index contributed by atoms with van der Waals surface area (Å²) in [4.78, 5) is 14.1. The maximum Gasteiger partial charge on any atom is 0.306 e. The summed E-state index contributed by atoms with van der Waals surface area (Å²) in [5.41, 5.74) is 1.24. The fourth-order valence-corrected chi connectivity index (χ4v) is 7.11. The molecule has 0 saturated heterocycles. The van der Waals surface area contributed by atoms with Crippen molar-refractivity contribution in [3.8, 4) is 5.75 Å². The first-order valence-corrected chi connectivity index (χ1v) is 14.2. The lowest BCUT2D eigenvalue weighted by molar-refractivity contribution is -0.137. The highest BCUT2D eigenvalue weighted by atomic mass is 32.2. The Bertz CT molecular complexity index is 1070. The molecule has 1 aliphatic rings. The fraction of sp³-hybridized carbons (Fsp3) is 0.480. The average Bonchev–Trinajstić information content (AvgIpc) is 2.90. The summed E-state index contributed by atoms with van der Waals surface area (Å²) in [7, 11) is -3.61. The fourth-order valence-electron chi connectivity index (χ4n) is 4.39. The molecule has 180 valence electrons. The zero-order valence-electron chi connectivity index (χ0n) is 19.5. The van der Waals surface area contributed by atoms with Crippen molar-refractivity contribution in [1.29, 1.82) is 0 Å². The van der Waals surface area contributed by atoms with Gasteiger partial charge in [0.2, 0.25) is 0 Å². The predicted octanol–water partition coefficient (Wildman–Crippen LogP) is 5.77. The molecule has 3 rings (SSSR count). The molecule has 2 aromatic rings. The first kappa shape index (κ1) is 25.4. The van der Waals surface area contributed by atoms with Gasteiger partial charge in [-0.3, -0.25) is 4.79 Å². The molecule has 0 aliphatic carbocycles. The summed E-state index contributed by atoms with van der Waals surface area (Å²) in [6, 6.07) is 13.4. The molecule has 0 unspecified atom stereocenters. The number of rotatable bonds is 10. The van der Waals surface area contributed by atoms with E-state index in [1.165, 1.54) is 11.8 Å². The van der Waals surface area contributed by atoms with Crippen LogP contribution in [-0.2, 0) is 14.6 Å². The number of hydrogen-bond donors (Lipinski definition) is 1. The number of sulfone groups is 1. The largest absolute Gasteiger partial charge is 0.492 e. The van der Waals surface area contributed by atoms with Gasteiger partial charge in [0, 0.05) is 23.7 Å². The first-order chi connectivity index (χ1) is 15.7. The molecule has 1 aliphatic heterocycles. The number of nitrogens with zero attached hydrogens (tertiary/aromatic N) is 1. The van der Waals surface area contributed by atoms with Crippen LogP contribution >= 0.6 is 11.8 Å². The normalized spacial score (nSPS) is 19.5. The van der Waals surface area contributed by atoms with Crippen molar-refractivity contribution in [1.82, 2.24) is 0 Å². The third-order valence-electron chi connectivity index (χ3n) is 6.31. The molecule has 33 heavy (non-hydrogen) atoms. The second-order valence-electron chi connectivity index (χ2n) is 8.60. The molecular formula is C25H33NO5S2. The van der Waals surface area contributed by atoms with E-state index in [4.69, 9.17) is 9.84 Å². The van der Waals surface area contributed by atoms with E-state index in [2.05, 4.69) is 18.7 Å². The molecule has 6 nitrogen and oxygen atoms in total. The van der Waals surface area contributed by atoms with Crippen LogP contribution in [0.25, 0.3) is 0 Å². The van der Waals surface area contributed by atoms with Gasteiger partial charge in [-0.1, -0.05) is 44.9 Å². The highest BCUT2D eigenvalue weighted by molar-refractivity contribution is 7.98. The van der Waals surface area contributed by atoms with Crippen LogP contribution in [0.1, 0.15) is 46.0 Å². The molecule has 0 radical (unpaired) electrons. The standard InChI is InChI=1S/C25H33NO5S2/c1-4-6-13-25(5-2)17-26(19-10-8-7-9-11-19)20-15-22(32-3)21(31-14-12-24(27)28)16-23(20)33(29,30)18-25/h7-11,15-16H,4-6,12-14,17-18H2,1-3H3,(H,27,28)/t25-/m1/s1. The van der Waals surface area contributed by atoms with Crippen LogP contribution in [0, 0.1) is 5.41 Å². The van der Waals surface area contributed by atoms with E-state index in [0.29, 0.717) is 18.0 Å². The first-order valence-electron chi connectivity index (χ1n) is 11.4. The highest BCUT2D eigenvalue weighted by Crippen LogP contribution is 2.47. The Balaban J connectivity index is 2.18. The van der Waals surface area contributed by atoms with Crippen LogP contribution in [0.15, 0.2) is 52.3 Å². The topological polar surface area (TPSA) is 83.9 Å².